The smallest absolute Gasteiger partial charge is 0.235 e. The zero-order valence-corrected chi connectivity index (χ0v) is 30.7. The molecular formula is C52H32N4O. The van der Waals surface area contributed by atoms with E-state index in [1.54, 1.807) is 0 Å². The van der Waals surface area contributed by atoms with E-state index in [9.17, 15) is 0 Å². The molecule has 12 aromatic rings. The summed E-state index contributed by atoms with van der Waals surface area (Å²) in [7, 11) is 0. The summed E-state index contributed by atoms with van der Waals surface area (Å²) in [4.78, 5) is 10.1. The first-order valence-corrected chi connectivity index (χ1v) is 19.2. The zero-order chi connectivity index (χ0) is 37.5. The summed E-state index contributed by atoms with van der Waals surface area (Å²) in [6.07, 6.45) is 1.85. The van der Waals surface area contributed by atoms with E-state index in [4.69, 9.17) is 14.4 Å². The van der Waals surface area contributed by atoms with Gasteiger partial charge in [-0.05, 0) is 89.0 Å². The molecule has 0 unspecified atom stereocenters. The highest BCUT2D eigenvalue weighted by molar-refractivity contribution is 6.13. The highest BCUT2D eigenvalue weighted by Gasteiger charge is 2.19. The van der Waals surface area contributed by atoms with E-state index >= 15 is 0 Å². The van der Waals surface area contributed by atoms with Gasteiger partial charge < -0.3 is 8.98 Å². The molecule has 0 radical (unpaired) electrons. The van der Waals surface area contributed by atoms with Gasteiger partial charge in [0.2, 0.25) is 5.95 Å². The number of para-hydroxylation sites is 4. The number of nitrogens with zero attached hydrogens (tertiary/aromatic N) is 4. The number of hydrogen-bond donors (Lipinski definition) is 0. The molecule has 8 aromatic carbocycles. The highest BCUT2D eigenvalue weighted by Crippen LogP contribution is 2.40. The average molecular weight is 729 g/mol. The van der Waals surface area contributed by atoms with Crippen LogP contribution in [0.5, 0.6) is 0 Å². The van der Waals surface area contributed by atoms with Crippen LogP contribution < -0.4 is 0 Å². The number of benzene rings is 8. The summed E-state index contributed by atoms with van der Waals surface area (Å²) in [5.74, 6) is 0.611. The van der Waals surface area contributed by atoms with Gasteiger partial charge in [-0.15, -0.1) is 0 Å². The Balaban J connectivity index is 0.991. The van der Waals surface area contributed by atoms with E-state index in [1.165, 1.54) is 27.4 Å². The van der Waals surface area contributed by atoms with Gasteiger partial charge in [0.1, 0.15) is 11.2 Å². The molecule has 0 aliphatic rings. The molecule has 5 nitrogen and oxygen atoms in total. The van der Waals surface area contributed by atoms with Gasteiger partial charge in [-0.3, -0.25) is 4.57 Å². The maximum atomic E-state index is 6.56. The number of rotatable bonds is 5. The normalized spacial score (nSPS) is 11.9. The second kappa shape index (κ2) is 12.4. The minimum Gasteiger partial charge on any atom is -0.455 e. The van der Waals surface area contributed by atoms with Crippen LogP contribution in [0, 0.1) is 0 Å². The van der Waals surface area contributed by atoms with Crippen molar-refractivity contribution >= 4 is 65.6 Å². The molecule has 57 heavy (non-hydrogen) atoms. The molecule has 0 aliphatic heterocycles. The quantitative estimate of drug-likeness (QED) is 0.177. The predicted molar refractivity (Wildman–Crippen MR) is 234 cm³/mol. The maximum Gasteiger partial charge on any atom is 0.235 e. The standard InChI is InChI=1S/C52H32N4O/c1-3-12-33(13-4-1)34-24-27-50-44(31-34)41-18-11-19-42(51(41)57-50)45-28-29-53-52(54-45)56-47-21-10-8-17-39(47)43-30-35(23-26-48(43)56)36-22-25-40-38-16-7-9-20-46(38)55(49(40)32-36)37-14-5-2-6-15-37/h1-32H. The summed E-state index contributed by atoms with van der Waals surface area (Å²) in [6, 6.07) is 66.5. The molecule has 0 atom stereocenters. The van der Waals surface area contributed by atoms with Gasteiger partial charge in [-0.25, -0.2) is 9.97 Å². The van der Waals surface area contributed by atoms with E-state index in [0.29, 0.717) is 5.95 Å². The number of hydrogen-bond acceptors (Lipinski definition) is 3. The van der Waals surface area contributed by atoms with Crippen molar-refractivity contribution in [2.75, 3.05) is 0 Å². The van der Waals surface area contributed by atoms with Crippen molar-refractivity contribution in [3.05, 3.63) is 194 Å². The lowest BCUT2D eigenvalue weighted by Gasteiger charge is -2.10. The molecule has 0 spiro atoms. The summed E-state index contributed by atoms with van der Waals surface area (Å²) in [5.41, 5.74) is 13.7. The van der Waals surface area contributed by atoms with Crippen LogP contribution in [0.15, 0.2) is 199 Å². The zero-order valence-electron chi connectivity index (χ0n) is 30.7. The number of furan rings is 1. The van der Waals surface area contributed by atoms with Crippen molar-refractivity contribution in [1.82, 2.24) is 19.1 Å². The molecule has 12 rings (SSSR count). The lowest BCUT2D eigenvalue weighted by atomic mass is 10.0. The van der Waals surface area contributed by atoms with Crippen LogP contribution in [0.1, 0.15) is 0 Å². The van der Waals surface area contributed by atoms with Crippen molar-refractivity contribution in [3.63, 3.8) is 0 Å². The van der Waals surface area contributed by atoms with Gasteiger partial charge in [0.05, 0.1) is 27.8 Å². The Morgan fingerprint density at radius 3 is 1.84 bits per heavy atom. The Kier molecular flexibility index (Phi) is 6.86. The van der Waals surface area contributed by atoms with E-state index < -0.39 is 0 Å². The Hall–Kier alpha value is -7.76. The fraction of sp³-hybridized carbons (Fsp3) is 0. The fourth-order valence-corrected chi connectivity index (χ4v) is 8.79. The van der Waals surface area contributed by atoms with Crippen LogP contribution in [0.25, 0.3) is 111 Å². The van der Waals surface area contributed by atoms with Crippen molar-refractivity contribution in [2.24, 2.45) is 0 Å². The minimum atomic E-state index is 0.611. The first-order valence-electron chi connectivity index (χ1n) is 19.2. The lowest BCUT2D eigenvalue weighted by molar-refractivity contribution is 0.670. The monoisotopic (exact) mass is 728 g/mol. The van der Waals surface area contributed by atoms with Crippen molar-refractivity contribution in [3.8, 4) is 45.1 Å². The first kappa shape index (κ1) is 31.6. The Labute approximate surface area is 327 Å². The highest BCUT2D eigenvalue weighted by atomic mass is 16.3. The minimum absolute atomic E-state index is 0.611. The van der Waals surface area contributed by atoms with Gasteiger partial charge in [0.25, 0.3) is 0 Å². The third-order valence-electron chi connectivity index (χ3n) is 11.4. The van der Waals surface area contributed by atoms with E-state index in [0.717, 1.165) is 77.4 Å². The largest absolute Gasteiger partial charge is 0.455 e. The molecule has 0 saturated heterocycles. The van der Waals surface area contributed by atoms with Gasteiger partial charge in [0, 0.05) is 49.8 Å². The molecule has 266 valence electrons. The predicted octanol–water partition coefficient (Wildman–Crippen LogP) is 13.6. The Bertz CT molecular complexity index is 3520. The van der Waals surface area contributed by atoms with Crippen LogP contribution >= 0.6 is 0 Å². The van der Waals surface area contributed by atoms with Crippen LogP contribution in [0.4, 0.5) is 0 Å². The van der Waals surface area contributed by atoms with E-state index in [-0.39, 0.29) is 0 Å². The molecule has 0 bridgehead atoms. The molecule has 0 N–H and O–H groups in total. The van der Waals surface area contributed by atoms with Crippen molar-refractivity contribution in [1.29, 1.82) is 0 Å². The molecule has 5 heteroatoms. The van der Waals surface area contributed by atoms with Gasteiger partial charge in [-0.1, -0.05) is 121 Å². The van der Waals surface area contributed by atoms with Crippen molar-refractivity contribution in [2.45, 2.75) is 0 Å². The molecule has 0 amide bonds. The third kappa shape index (κ3) is 4.89. The second-order valence-corrected chi connectivity index (χ2v) is 14.6. The SMILES string of the molecule is c1ccc(-c2ccc3oc4c(-c5ccnc(-n6c7ccccc7c7cc(-c8ccc9c%10ccccc%10n(-c%10ccccc%10)c9c8)ccc76)n5)cccc4c3c2)cc1. The van der Waals surface area contributed by atoms with Gasteiger partial charge >= 0.3 is 0 Å². The molecular weight excluding hydrogens is 697 g/mol. The van der Waals surface area contributed by atoms with Crippen LogP contribution in [-0.2, 0) is 0 Å². The maximum absolute atomic E-state index is 6.56. The Morgan fingerprint density at radius 2 is 1.00 bits per heavy atom. The van der Waals surface area contributed by atoms with Gasteiger partial charge in [-0.2, -0.15) is 0 Å². The van der Waals surface area contributed by atoms with Crippen LogP contribution in [0.2, 0.25) is 0 Å². The van der Waals surface area contributed by atoms with E-state index in [1.807, 2.05) is 18.3 Å². The summed E-state index contributed by atoms with van der Waals surface area (Å²) in [5, 5.41) is 6.93. The summed E-state index contributed by atoms with van der Waals surface area (Å²) < 4.78 is 11.1. The molecule has 4 heterocycles. The summed E-state index contributed by atoms with van der Waals surface area (Å²) in [6.45, 7) is 0. The fourth-order valence-electron chi connectivity index (χ4n) is 8.79. The van der Waals surface area contributed by atoms with Crippen LogP contribution in [0.3, 0.4) is 0 Å². The van der Waals surface area contributed by atoms with Crippen LogP contribution in [-0.4, -0.2) is 19.1 Å². The summed E-state index contributed by atoms with van der Waals surface area (Å²) >= 11 is 0. The van der Waals surface area contributed by atoms with E-state index in [2.05, 4.69) is 185 Å². The lowest BCUT2D eigenvalue weighted by Crippen LogP contribution is -2.01. The topological polar surface area (TPSA) is 48.8 Å². The third-order valence-corrected chi connectivity index (χ3v) is 11.4. The number of fused-ring (bicyclic) bond motifs is 9. The number of aromatic nitrogens is 4. The molecule has 4 aromatic heterocycles. The second-order valence-electron chi connectivity index (χ2n) is 14.6. The van der Waals surface area contributed by atoms with Gasteiger partial charge in [0.15, 0.2) is 0 Å². The Morgan fingerprint density at radius 1 is 0.386 bits per heavy atom. The molecule has 0 saturated carbocycles. The first-order chi connectivity index (χ1) is 28.3. The van der Waals surface area contributed by atoms with Crippen molar-refractivity contribution < 1.29 is 4.42 Å². The molecule has 0 fully saturated rings. The average Bonchev–Trinajstić information content (AvgIpc) is 3.94. The molecule has 0 aliphatic carbocycles.